The summed E-state index contributed by atoms with van der Waals surface area (Å²) in [5.74, 6) is 0.773. The zero-order valence-electron chi connectivity index (χ0n) is 10.8. The van der Waals surface area contributed by atoms with Crippen molar-refractivity contribution in [2.45, 2.75) is 45.1 Å². The van der Waals surface area contributed by atoms with Gasteiger partial charge < -0.3 is 9.88 Å². The van der Waals surface area contributed by atoms with Gasteiger partial charge in [-0.3, -0.25) is 0 Å². The van der Waals surface area contributed by atoms with Crippen molar-refractivity contribution in [3.8, 4) is 0 Å². The molecule has 1 atom stereocenters. The Morgan fingerprint density at radius 1 is 1.50 bits per heavy atom. The Kier molecular flexibility index (Phi) is 3.38. The van der Waals surface area contributed by atoms with Crippen LogP contribution in [0.25, 0.3) is 0 Å². The lowest BCUT2D eigenvalue weighted by Crippen LogP contribution is -2.43. The molecule has 1 aromatic rings. The van der Waals surface area contributed by atoms with Crippen molar-refractivity contribution in [2.24, 2.45) is 13.0 Å². The summed E-state index contributed by atoms with van der Waals surface area (Å²) in [7, 11) is 2.10. The predicted molar refractivity (Wildman–Crippen MR) is 68.5 cm³/mol. The first-order chi connectivity index (χ1) is 7.60. The highest BCUT2D eigenvalue weighted by molar-refractivity contribution is 5.15. The van der Waals surface area contributed by atoms with Crippen LogP contribution in [0.5, 0.6) is 0 Å². The fraction of sp³-hybridized carbons (Fsp3) is 0.714. The summed E-state index contributed by atoms with van der Waals surface area (Å²) in [6.07, 6.45) is 9.54. The maximum absolute atomic E-state index is 3.75. The van der Waals surface area contributed by atoms with E-state index in [4.69, 9.17) is 0 Å². The number of nitrogens with zero attached hydrogens (tertiary/aromatic N) is 1. The fourth-order valence-corrected chi connectivity index (χ4v) is 3.10. The van der Waals surface area contributed by atoms with Crippen molar-refractivity contribution in [2.75, 3.05) is 6.54 Å². The van der Waals surface area contributed by atoms with Crippen LogP contribution in [0.15, 0.2) is 18.5 Å². The Morgan fingerprint density at radius 2 is 2.31 bits per heavy atom. The van der Waals surface area contributed by atoms with Gasteiger partial charge in [-0.05, 0) is 49.8 Å². The maximum atomic E-state index is 3.75. The number of rotatable bonds is 4. The lowest BCUT2D eigenvalue weighted by Gasteiger charge is -2.31. The van der Waals surface area contributed by atoms with E-state index in [-0.39, 0.29) is 0 Å². The number of aromatic nitrogens is 1. The van der Waals surface area contributed by atoms with Crippen LogP contribution >= 0.6 is 0 Å². The van der Waals surface area contributed by atoms with E-state index in [0.717, 1.165) is 5.92 Å². The molecule has 2 heterocycles. The third kappa shape index (κ3) is 2.67. The second-order valence-corrected chi connectivity index (χ2v) is 5.77. The second-order valence-electron chi connectivity index (χ2n) is 5.77. The van der Waals surface area contributed by atoms with Gasteiger partial charge in [0.1, 0.15) is 0 Å². The minimum absolute atomic E-state index is 0.371. The average molecular weight is 220 g/mol. The van der Waals surface area contributed by atoms with E-state index in [1.54, 1.807) is 0 Å². The van der Waals surface area contributed by atoms with Crippen LogP contribution in [0.4, 0.5) is 0 Å². The van der Waals surface area contributed by atoms with Gasteiger partial charge in [-0.1, -0.05) is 13.8 Å². The van der Waals surface area contributed by atoms with Crippen LogP contribution in [0.1, 0.15) is 38.7 Å². The number of aryl methyl sites for hydroxylation is 1. The van der Waals surface area contributed by atoms with Crippen molar-refractivity contribution in [3.05, 3.63) is 24.0 Å². The van der Waals surface area contributed by atoms with Gasteiger partial charge in [0, 0.05) is 25.0 Å². The molecule has 0 aromatic carbocycles. The Bertz CT molecular complexity index is 332. The number of hydrogen-bond acceptors (Lipinski definition) is 1. The lowest BCUT2D eigenvalue weighted by molar-refractivity contribution is 0.301. The number of nitrogens with one attached hydrogen (secondary N) is 1. The summed E-state index contributed by atoms with van der Waals surface area (Å²) in [6.45, 7) is 5.85. The standard InChI is InChI=1S/C14H24N2/c1-12(2)9-14(6-4-7-15-14)10-13-5-8-16(3)11-13/h5,8,11-12,15H,4,6-7,9-10H2,1-3H3. The second kappa shape index (κ2) is 4.62. The summed E-state index contributed by atoms with van der Waals surface area (Å²) in [4.78, 5) is 0. The molecule has 1 aromatic heterocycles. The normalized spacial score (nSPS) is 25.5. The SMILES string of the molecule is CC(C)CC1(Cc2ccn(C)c2)CCCN1. The Balaban J connectivity index is 2.08. The van der Waals surface area contributed by atoms with E-state index in [0.29, 0.717) is 5.54 Å². The smallest absolute Gasteiger partial charge is 0.0225 e. The molecule has 1 N–H and O–H groups in total. The van der Waals surface area contributed by atoms with Crippen molar-refractivity contribution in [1.29, 1.82) is 0 Å². The molecule has 1 aliphatic rings. The molecule has 2 rings (SSSR count). The van der Waals surface area contributed by atoms with Gasteiger partial charge in [0.05, 0.1) is 0 Å². The molecule has 1 unspecified atom stereocenters. The van der Waals surface area contributed by atoms with Crippen molar-refractivity contribution in [1.82, 2.24) is 9.88 Å². The molecule has 0 radical (unpaired) electrons. The van der Waals surface area contributed by atoms with Gasteiger partial charge >= 0.3 is 0 Å². The largest absolute Gasteiger partial charge is 0.357 e. The Labute approximate surface area is 99.0 Å². The molecule has 1 saturated heterocycles. The van der Waals surface area contributed by atoms with Crippen molar-refractivity contribution >= 4 is 0 Å². The minimum Gasteiger partial charge on any atom is -0.357 e. The maximum Gasteiger partial charge on any atom is 0.0225 e. The Morgan fingerprint density at radius 3 is 2.81 bits per heavy atom. The minimum atomic E-state index is 0.371. The van der Waals surface area contributed by atoms with E-state index in [1.165, 1.54) is 37.8 Å². The van der Waals surface area contributed by atoms with Crippen LogP contribution in [0, 0.1) is 5.92 Å². The van der Waals surface area contributed by atoms with Crippen LogP contribution in [-0.4, -0.2) is 16.7 Å². The van der Waals surface area contributed by atoms with Crippen LogP contribution in [-0.2, 0) is 13.5 Å². The zero-order chi connectivity index (χ0) is 11.6. The van der Waals surface area contributed by atoms with E-state index < -0.39 is 0 Å². The van der Waals surface area contributed by atoms with Gasteiger partial charge in [-0.2, -0.15) is 0 Å². The summed E-state index contributed by atoms with van der Waals surface area (Å²) >= 11 is 0. The molecule has 1 fully saturated rings. The van der Waals surface area contributed by atoms with E-state index in [2.05, 4.69) is 49.2 Å². The van der Waals surface area contributed by atoms with Crippen LogP contribution in [0.2, 0.25) is 0 Å². The molecule has 0 spiro atoms. The van der Waals surface area contributed by atoms with E-state index in [9.17, 15) is 0 Å². The molecule has 2 nitrogen and oxygen atoms in total. The lowest BCUT2D eigenvalue weighted by atomic mass is 9.83. The predicted octanol–water partition coefficient (Wildman–Crippen LogP) is 2.74. The summed E-state index contributed by atoms with van der Waals surface area (Å²) in [6, 6.07) is 2.25. The average Bonchev–Trinajstić information content (AvgIpc) is 2.76. The highest BCUT2D eigenvalue weighted by Crippen LogP contribution is 2.30. The van der Waals surface area contributed by atoms with E-state index >= 15 is 0 Å². The molecule has 2 heteroatoms. The first-order valence-corrected chi connectivity index (χ1v) is 6.46. The molecule has 16 heavy (non-hydrogen) atoms. The summed E-state index contributed by atoms with van der Waals surface area (Å²) in [5, 5.41) is 3.75. The van der Waals surface area contributed by atoms with Crippen LogP contribution in [0.3, 0.4) is 0 Å². The fourth-order valence-electron chi connectivity index (χ4n) is 3.10. The first-order valence-electron chi connectivity index (χ1n) is 6.46. The highest BCUT2D eigenvalue weighted by atomic mass is 15.0. The number of hydrogen-bond donors (Lipinski definition) is 1. The molecule has 0 bridgehead atoms. The highest BCUT2D eigenvalue weighted by Gasteiger charge is 2.34. The molecular formula is C14H24N2. The van der Waals surface area contributed by atoms with Gasteiger partial charge in [-0.15, -0.1) is 0 Å². The molecule has 1 aliphatic heterocycles. The molecule has 0 aliphatic carbocycles. The molecular weight excluding hydrogens is 196 g/mol. The third-order valence-electron chi connectivity index (χ3n) is 3.57. The third-order valence-corrected chi connectivity index (χ3v) is 3.57. The Hall–Kier alpha value is -0.760. The molecule has 0 amide bonds. The van der Waals surface area contributed by atoms with Crippen molar-refractivity contribution < 1.29 is 0 Å². The first kappa shape index (κ1) is 11.7. The molecule has 90 valence electrons. The van der Waals surface area contributed by atoms with Gasteiger partial charge in [0.15, 0.2) is 0 Å². The summed E-state index contributed by atoms with van der Waals surface area (Å²) in [5.41, 5.74) is 1.84. The van der Waals surface area contributed by atoms with E-state index in [1.807, 2.05) is 0 Å². The monoisotopic (exact) mass is 220 g/mol. The van der Waals surface area contributed by atoms with Crippen LogP contribution < -0.4 is 5.32 Å². The van der Waals surface area contributed by atoms with Gasteiger partial charge in [0.25, 0.3) is 0 Å². The van der Waals surface area contributed by atoms with Gasteiger partial charge in [-0.25, -0.2) is 0 Å². The zero-order valence-corrected chi connectivity index (χ0v) is 10.8. The topological polar surface area (TPSA) is 17.0 Å². The van der Waals surface area contributed by atoms with Crippen molar-refractivity contribution in [3.63, 3.8) is 0 Å². The quantitative estimate of drug-likeness (QED) is 0.825. The summed E-state index contributed by atoms with van der Waals surface area (Å²) < 4.78 is 2.15. The van der Waals surface area contributed by atoms with Gasteiger partial charge in [0.2, 0.25) is 0 Å². The molecule has 0 saturated carbocycles.